The van der Waals surface area contributed by atoms with Gasteiger partial charge in [0, 0.05) is 31.9 Å². The summed E-state index contributed by atoms with van der Waals surface area (Å²) in [6, 6.07) is 4.55. The first-order valence-electron chi connectivity index (χ1n) is 7.32. The maximum absolute atomic E-state index is 7.48. The third-order valence-corrected chi connectivity index (χ3v) is 3.98. The molecule has 0 amide bonds. The zero-order valence-electron chi connectivity index (χ0n) is 12.5. The number of amidine groups is 1. The van der Waals surface area contributed by atoms with E-state index in [9.17, 15) is 0 Å². The van der Waals surface area contributed by atoms with E-state index in [1.807, 2.05) is 12.1 Å². The highest BCUT2D eigenvalue weighted by Gasteiger charge is 2.22. The molecule has 1 aromatic rings. The highest BCUT2D eigenvalue weighted by molar-refractivity contribution is 5.93. The molecule has 1 fully saturated rings. The molecule has 1 atom stereocenters. The van der Waals surface area contributed by atoms with E-state index < -0.39 is 0 Å². The van der Waals surface area contributed by atoms with Crippen molar-refractivity contribution in [3.05, 3.63) is 29.6 Å². The standard InChI is InChI=1S/C15H25N5/c1-3-13-11-19(2)7-4-8-20(13)10-12-5-6-18-14(9-12)15(16)17/h5-6,9,13H,3-4,7-8,10-11H2,1-2H3,(H3,16,17). The fourth-order valence-corrected chi connectivity index (χ4v) is 2.84. The molecule has 5 nitrogen and oxygen atoms in total. The summed E-state index contributed by atoms with van der Waals surface area (Å²) in [5.74, 6) is 0.0366. The van der Waals surface area contributed by atoms with Gasteiger partial charge in [-0.25, -0.2) is 0 Å². The van der Waals surface area contributed by atoms with Crippen LogP contribution in [0.25, 0.3) is 0 Å². The van der Waals surface area contributed by atoms with E-state index in [-0.39, 0.29) is 5.84 Å². The molecule has 1 aliphatic rings. The molecule has 20 heavy (non-hydrogen) atoms. The number of hydrogen-bond donors (Lipinski definition) is 2. The first-order valence-corrected chi connectivity index (χ1v) is 7.32. The molecule has 0 radical (unpaired) electrons. The summed E-state index contributed by atoms with van der Waals surface area (Å²) in [4.78, 5) is 9.09. The van der Waals surface area contributed by atoms with Gasteiger partial charge in [-0.2, -0.15) is 0 Å². The topological polar surface area (TPSA) is 69.2 Å². The van der Waals surface area contributed by atoms with Crippen molar-refractivity contribution in [1.82, 2.24) is 14.8 Å². The maximum atomic E-state index is 7.48. The Hall–Kier alpha value is -1.46. The van der Waals surface area contributed by atoms with Gasteiger partial charge in [0.1, 0.15) is 11.5 Å². The highest BCUT2D eigenvalue weighted by atomic mass is 15.2. The Kier molecular flexibility index (Phi) is 5.09. The summed E-state index contributed by atoms with van der Waals surface area (Å²) in [5.41, 5.74) is 7.27. The number of nitrogens with zero attached hydrogens (tertiary/aromatic N) is 3. The molecule has 0 aromatic carbocycles. The van der Waals surface area contributed by atoms with E-state index in [1.165, 1.54) is 18.5 Å². The number of nitrogens with one attached hydrogen (secondary N) is 1. The Labute approximate surface area is 121 Å². The quantitative estimate of drug-likeness (QED) is 0.641. The van der Waals surface area contributed by atoms with Gasteiger partial charge in [0.05, 0.1) is 0 Å². The molecule has 0 bridgehead atoms. The van der Waals surface area contributed by atoms with Crippen LogP contribution in [0.5, 0.6) is 0 Å². The van der Waals surface area contributed by atoms with E-state index in [4.69, 9.17) is 11.1 Å². The lowest BCUT2D eigenvalue weighted by atomic mass is 10.1. The second kappa shape index (κ2) is 6.81. The Morgan fingerprint density at radius 2 is 2.30 bits per heavy atom. The molecule has 1 aliphatic heterocycles. The molecule has 3 N–H and O–H groups in total. The maximum Gasteiger partial charge on any atom is 0.141 e. The molecule has 0 saturated carbocycles. The minimum Gasteiger partial charge on any atom is -0.382 e. The lowest BCUT2D eigenvalue weighted by Crippen LogP contribution is -2.39. The smallest absolute Gasteiger partial charge is 0.141 e. The van der Waals surface area contributed by atoms with E-state index in [0.717, 1.165) is 26.1 Å². The lowest BCUT2D eigenvalue weighted by Gasteiger charge is -2.30. The van der Waals surface area contributed by atoms with Gasteiger partial charge in [-0.1, -0.05) is 6.92 Å². The van der Waals surface area contributed by atoms with Gasteiger partial charge >= 0.3 is 0 Å². The number of likely N-dealkylation sites (N-methyl/N-ethyl adjacent to an activating group) is 1. The fraction of sp³-hybridized carbons (Fsp3) is 0.600. The SMILES string of the molecule is CCC1CN(C)CCCN1Cc1ccnc(C(=N)N)c1. The molecule has 0 spiro atoms. The number of nitrogens with two attached hydrogens (primary N) is 1. The largest absolute Gasteiger partial charge is 0.382 e. The molecular weight excluding hydrogens is 250 g/mol. The molecule has 1 saturated heterocycles. The van der Waals surface area contributed by atoms with Gasteiger partial charge in [-0.05, 0) is 44.1 Å². The predicted octanol–water partition coefficient (Wildman–Crippen LogP) is 1.28. The Bertz CT molecular complexity index is 459. The lowest BCUT2D eigenvalue weighted by molar-refractivity contribution is 0.176. The van der Waals surface area contributed by atoms with Crippen LogP contribution in [-0.2, 0) is 6.54 Å². The average molecular weight is 275 g/mol. The van der Waals surface area contributed by atoms with Crippen LogP contribution in [0.4, 0.5) is 0 Å². The van der Waals surface area contributed by atoms with Crippen molar-refractivity contribution in [2.45, 2.75) is 32.4 Å². The van der Waals surface area contributed by atoms with Crippen LogP contribution >= 0.6 is 0 Å². The van der Waals surface area contributed by atoms with E-state index in [1.54, 1.807) is 6.20 Å². The van der Waals surface area contributed by atoms with Gasteiger partial charge in [0.15, 0.2) is 0 Å². The molecule has 5 heteroatoms. The summed E-state index contributed by atoms with van der Waals surface area (Å²) in [6.07, 6.45) is 4.11. The van der Waals surface area contributed by atoms with Crippen molar-refractivity contribution in [3.63, 3.8) is 0 Å². The van der Waals surface area contributed by atoms with Crippen LogP contribution in [0, 0.1) is 5.41 Å². The summed E-state index contributed by atoms with van der Waals surface area (Å²) >= 11 is 0. The molecule has 2 rings (SSSR count). The number of aromatic nitrogens is 1. The first kappa shape index (κ1) is 14.9. The van der Waals surface area contributed by atoms with Crippen molar-refractivity contribution in [2.75, 3.05) is 26.7 Å². The van der Waals surface area contributed by atoms with Crippen LogP contribution < -0.4 is 5.73 Å². The number of rotatable bonds is 4. The van der Waals surface area contributed by atoms with E-state index in [2.05, 4.69) is 28.8 Å². The number of nitrogen functional groups attached to an aromatic ring is 1. The molecule has 1 aromatic heterocycles. The number of pyridine rings is 1. The Balaban J connectivity index is 2.10. The highest BCUT2D eigenvalue weighted by Crippen LogP contribution is 2.16. The third-order valence-electron chi connectivity index (χ3n) is 3.98. The van der Waals surface area contributed by atoms with Crippen molar-refractivity contribution in [3.8, 4) is 0 Å². The minimum absolute atomic E-state index is 0.0366. The van der Waals surface area contributed by atoms with Crippen LogP contribution in [0.15, 0.2) is 18.3 Å². The van der Waals surface area contributed by atoms with Crippen LogP contribution in [0.2, 0.25) is 0 Å². The van der Waals surface area contributed by atoms with Crippen LogP contribution in [0.1, 0.15) is 31.0 Å². The zero-order valence-corrected chi connectivity index (χ0v) is 12.5. The fourth-order valence-electron chi connectivity index (χ4n) is 2.84. The van der Waals surface area contributed by atoms with E-state index in [0.29, 0.717) is 11.7 Å². The molecule has 2 heterocycles. The second-order valence-corrected chi connectivity index (χ2v) is 5.61. The van der Waals surface area contributed by atoms with Crippen molar-refractivity contribution >= 4 is 5.84 Å². The van der Waals surface area contributed by atoms with Gasteiger partial charge in [0.25, 0.3) is 0 Å². The normalized spacial score (nSPS) is 21.6. The summed E-state index contributed by atoms with van der Waals surface area (Å²) in [7, 11) is 2.20. The Morgan fingerprint density at radius 3 is 3.00 bits per heavy atom. The van der Waals surface area contributed by atoms with Gasteiger partial charge in [-0.3, -0.25) is 15.3 Å². The second-order valence-electron chi connectivity index (χ2n) is 5.61. The van der Waals surface area contributed by atoms with Gasteiger partial charge < -0.3 is 10.6 Å². The molecular formula is C15H25N5. The van der Waals surface area contributed by atoms with Gasteiger partial charge in [0.2, 0.25) is 0 Å². The third kappa shape index (κ3) is 3.77. The van der Waals surface area contributed by atoms with Crippen molar-refractivity contribution in [1.29, 1.82) is 5.41 Å². The first-order chi connectivity index (χ1) is 9.60. The molecule has 0 aliphatic carbocycles. The average Bonchev–Trinajstić information content (AvgIpc) is 2.61. The zero-order chi connectivity index (χ0) is 14.5. The van der Waals surface area contributed by atoms with Gasteiger partial charge in [-0.15, -0.1) is 0 Å². The van der Waals surface area contributed by atoms with Crippen LogP contribution in [-0.4, -0.2) is 53.3 Å². The summed E-state index contributed by atoms with van der Waals surface area (Å²) in [6.45, 7) is 6.59. The van der Waals surface area contributed by atoms with Crippen LogP contribution in [0.3, 0.4) is 0 Å². The summed E-state index contributed by atoms with van der Waals surface area (Å²) in [5, 5.41) is 7.48. The summed E-state index contributed by atoms with van der Waals surface area (Å²) < 4.78 is 0. The Morgan fingerprint density at radius 1 is 1.50 bits per heavy atom. The van der Waals surface area contributed by atoms with E-state index >= 15 is 0 Å². The molecule has 110 valence electrons. The predicted molar refractivity (Wildman–Crippen MR) is 81.9 cm³/mol. The number of hydrogen-bond acceptors (Lipinski definition) is 4. The van der Waals surface area contributed by atoms with Crippen molar-refractivity contribution in [2.24, 2.45) is 5.73 Å². The van der Waals surface area contributed by atoms with Crippen molar-refractivity contribution < 1.29 is 0 Å². The minimum atomic E-state index is 0.0366. The monoisotopic (exact) mass is 275 g/mol. The molecule has 1 unspecified atom stereocenters.